The second-order valence-electron chi connectivity index (χ2n) is 5.03. The Labute approximate surface area is 105 Å². The first kappa shape index (κ1) is 14.2. The van der Waals surface area contributed by atoms with Crippen LogP contribution in [-0.2, 0) is 10.3 Å². The van der Waals surface area contributed by atoms with Crippen LogP contribution in [0, 0.1) is 0 Å². The van der Waals surface area contributed by atoms with Crippen molar-refractivity contribution in [1.29, 1.82) is 0 Å². The molecule has 0 aliphatic carbocycles. The summed E-state index contributed by atoms with van der Waals surface area (Å²) in [7, 11) is 3.81. The third-order valence-electron chi connectivity index (χ3n) is 3.00. The molecule has 0 radical (unpaired) electrons. The summed E-state index contributed by atoms with van der Waals surface area (Å²) in [5, 5.41) is 0. The van der Waals surface area contributed by atoms with E-state index in [0.717, 1.165) is 18.7 Å². The van der Waals surface area contributed by atoms with Crippen molar-refractivity contribution in [2.24, 2.45) is 5.73 Å². The van der Waals surface area contributed by atoms with E-state index in [1.807, 2.05) is 18.2 Å². The van der Waals surface area contributed by atoms with Gasteiger partial charge < -0.3 is 15.4 Å². The zero-order valence-electron chi connectivity index (χ0n) is 11.3. The van der Waals surface area contributed by atoms with Gasteiger partial charge in [-0.3, -0.25) is 0 Å². The molecule has 3 heteroatoms. The normalized spacial score (nSPS) is 16.8. The number of hydrogen-bond donors (Lipinski definition) is 1. The molecule has 0 spiro atoms. The van der Waals surface area contributed by atoms with Gasteiger partial charge in [0.1, 0.15) is 0 Å². The molecule has 1 rings (SSSR count). The highest BCUT2D eigenvalue weighted by atomic mass is 16.5. The van der Waals surface area contributed by atoms with Crippen molar-refractivity contribution < 1.29 is 4.74 Å². The van der Waals surface area contributed by atoms with Crippen molar-refractivity contribution in [3.05, 3.63) is 35.9 Å². The number of nitrogens with two attached hydrogens (primary N) is 1. The minimum absolute atomic E-state index is 0.228. The Morgan fingerprint density at radius 1 is 1.35 bits per heavy atom. The molecule has 1 aromatic carbocycles. The fraction of sp³-hybridized carbons (Fsp3) is 0.571. The van der Waals surface area contributed by atoms with Crippen molar-refractivity contribution in [2.75, 3.05) is 27.2 Å². The van der Waals surface area contributed by atoms with Crippen molar-refractivity contribution in [2.45, 2.75) is 25.5 Å². The van der Waals surface area contributed by atoms with E-state index < -0.39 is 0 Å². The summed E-state index contributed by atoms with van der Waals surface area (Å²) in [5.41, 5.74) is 7.21. The van der Waals surface area contributed by atoms with E-state index in [1.165, 1.54) is 0 Å². The summed E-state index contributed by atoms with van der Waals surface area (Å²) in [6.45, 7) is 5.82. The summed E-state index contributed by atoms with van der Waals surface area (Å²) >= 11 is 0. The van der Waals surface area contributed by atoms with Gasteiger partial charge in [0.2, 0.25) is 0 Å². The largest absolute Gasteiger partial charge is 0.380 e. The van der Waals surface area contributed by atoms with Crippen molar-refractivity contribution in [3.8, 4) is 0 Å². The summed E-state index contributed by atoms with van der Waals surface area (Å²) in [6.07, 6.45) is 0.228. The second-order valence-corrected chi connectivity index (χ2v) is 5.03. The minimum Gasteiger partial charge on any atom is -0.380 e. The van der Waals surface area contributed by atoms with Gasteiger partial charge in [0.05, 0.1) is 11.6 Å². The van der Waals surface area contributed by atoms with Gasteiger partial charge in [-0.1, -0.05) is 30.3 Å². The van der Waals surface area contributed by atoms with Crippen molar-refractivity contribution in [3.63, 3.8) is 0 Å². The van der Waals surface area contributed by atoms with E-state index in [-0.39, 0.29) is 11.6 Å². The highest BCUT2D eigenvalue weighted by molar-refractivity contribution is 5.23. The second kappa shape index (κ2) is 6.15. The van der Waals surface area contributed by atoms with Crippen LogP contribution >= 0.6 is 0 Å². The molecule has 2 unspecified atom stereocenters. The fourth-order valence-corrected chi connectivity index (χ4v) is 2.05. The van der Waals surface area contributed by atoms with Crippen molar-refractivity contribution in [1.82, 2.24) is 4.90 Å². The first-order chi connectivity index (χ1) is 7.95. The van der Waals surface area contributed by atoms with Gasteiger partial charge in [-0.25, -0.2) is 0 Å². The molecule has 0 bridgehead atoms. The number of benzene rings is 1. The van der Waals surface area contributed by atoms with Gasteiger partial charge in [0, 0.05) is 20.2 Å². The zero-order valence-corrected chi connectivity index (χ0v) is 11.3. The topological polar surface area (TPSA) is 38.5 Å². The van der Waals surface area contributed by atoms with E-state index in [4.69, 9.17) is 10.5 Å². The zero-order chi connectivity index (χ0) is 12.9. The molecule has 2 N–H and O–H groups in total. The number of ether oxygens (including phenoxy) is 1. The van der Waals surface area contributed by atoms with Crippen LogP contribution in [0.2, 0.25) is 0 Å². The van der Waals surface area contributed by atoms with Crippen LogP contribution in [0.4, 0.5) is 0 Å². The summed E-state index contributed by atoms with van der Waals surface area (Å²) in [6, 6.07) is 10.2. The Bertz CT molecular complexity index is 324. The molecule has 0 saturated carbocycles. The highest BCUT2D eigenvalue weighted by Gasteiger charge is 2.23. The Balaban J connectivity index is 2.60. The van der Waals surface area contributed by atoms with Crippen LogP contribution in [0.15, 0.2) is 30.3 Å². The number of likely N-dealkylation sites (N-methyl/N-ethyl adjacent to an activating group) is 1. The van der Waals surface area contributed by atoms with Crippen LogP contribution in [0.1, 0.15) is 19.4 Å². The monoisotopic (exact) mass is 236 g/mol. The molecule has 0 amide bonds. The predicted molar refractivity (Wildman–Crippen MR) is 71.9 cm³/mol. The minimum atomic E-state index is -0.330. The van der Waals surface area contributed by atoms with Gasteiger partial charge in [-0.05, 0) is 26.5 Å². The summed E-state index contributed by atoms with van der Waals surface area (Å²) in [4.78, 5) is 2.21. The van der Waals surface area contributed by atoms with Crippen molar-refractivity contribution >= 4 is 0 Å². The van der Waals surface area contributed by atoms with E-state index in [9.17, 15) is 0 Å². The molecule has 1 aromatic rings. The van der Waals surface area contributed by atoms with E-state index in [0.29, 0.717) is 0 Å². The molecule has 0 saturated heterocycles. The number of methoxy groups -OCH3 is 1. The van der Waals surface area contributed by atoms with Gasteiger partial charge in [0.25, 0.3) is 0 Å². The van der Waals surface area contributed by atoms with Gasteiger partial charge >= 0.3 is 0 Å². The Morgan fingerprint density at radius 2 is 1.94 bits per heavy atom. The number of nitrogens with zero attached hydrogens (tertiary/aromatic N) is 1. The lowest BCUT2D eigenvalue weighted by atomic mass is 9.93. The molecular formula is C14H24N2O. The van der Waals surface area contributed by atoms with Crippen LogP contribution in [0.25, 0.3) is 0 Å². The lowest BCUT2D eigenvalue weighted by molar-refractivity contribution is 0.0791. The van der Waals surface area contributed by atoms with Crippen LogP contribution < -0.4 is 5.73 Å². The van der Waals surface area contributed by atoms with Crippen LogP contribution in [0.3, 0.4) is 0 Å². The maximum atomic E-state index is 6.37. The Morgan fingerprint density at radius 3 is 2.47 bits per heavy atom. The van der Waals surface area contributed by atoms with Gasteiger partial charge in [-0.15, -0.1) is 0 Å². The average Bonchev–Trinajstić information content (AvgIpc) is 2.29. The third-order valence-corrected chi connectivity index (χ3v) is 3.00. The molecular weight excluding hydrogens is 212 g/mol. The quantitative estimate of drug-likeness (QED) is 0.819. The van der Waals surface area contributed by atoms with E-state index >= 15 is 0 Å². The molecule has 0 aliphatic rings. The lowest BCUT2D eigenvalue weighted by Crippen LogP contribution is -2.45. The standard InChI is InChI=1S/C14H24N2O/c1-12(17-4)10-16(3)11-14(2,15)13-8-6-5-7-9-13/h5-9,12H,10-11,15H2,1-4H3. The molecule has 3 nitrogen and oxygen atoms in total. The third kappa shape index (κ3) is 4.46. The molecule has 0 aliphatic heterocycles. The molecule has 0 heterocycles. The smallest absolute Gasteiger partial charge is 0.0670 e. The van der Waals surface area contributed by atoms with Gasteiger partial charge in [-0.2, -0.15) is 0 Å². The first-order valence-electron chi connectivity index (χ1n) is 6.01. The van der Waals surface area contributed by atoms with Gasteiger partial charge in [0.15, 0.2) is 0 Å². The van der Waals surface area contributed by atoms with E-state index in [1.54, 1.807) is 7.11 Å². The predicted octanol–water partition coefficient (Wildman–Crippen LogP) is 1.83. The average molecular weight is 236 g/mol. The SMILES string of the molecule is COC(C)CN(C)CC(C)(N)c1ccccc1. The Kier molecular flexibility index (Phi) is 5.12. The lowest BCUT2D eigenvalue weighted by Gasteiger charge is -2.31. The molecule has 0 fully saturated rings. The summed E-state index contributed by atoms with van der Waals surface area (Å²) < 4.78 is 5.26. The number of hydrogen-bond acceptors (Lipinski definition) is 3. The summed E-state index contributed by atoms with van der Waals surface area (Å²) in [5.74, 6) is 0. The maximum absolute atomic E-state index is 6.37. The fourth-order valence-electron chi connectivity index (χ4n) is 2.05. The first-order valence-corrected chi connectivity index (χ1v) is 6.01. The number of rotatable bonds is 6. The molecule has 17 heavy (non-hydrogen) atoms. The molecule has 96 valence electrons. The van der Waals surface area contributed by atoms with Crippen LogP contribution in [-0.4, -0.2) is 38.3 Å². The highest BCUT2D eigenvalue weighted by Crippen LogP contribution is 2.18. The molecule has 2 atom stereocenters. The van der Waals surface area contributed by atoms with Crippen LogP contribution in [0.5, 0.6) is 0 Å². The van der Waals surface area contributed by atoms with E-state index in [2.05, 4.69) is 37.9 Å². The maximum Gasteiger partial charge on any atom is 0.0670 e. The Hall–Kier alpha value is -0.900. The molecule has 0 aromatic heterocycles.